The molecule has 0 aliphatic heterocycles. The molecule has 0 atom stereocenters. The third-order valence-electron chi connectivity index (χ3n) is 2.51. The van der Waals surface area contributed by atoms with Gasteiger partial charge in [-0.05, 0) is 30.0 Å². The van der Waals surface area contributed by atoms with Crippen molar-refractivity contribution >= 4 is 0 Å². The first kappa shape index (κ1) is 11.8. The topological polar surface area (TPSA) is 30.7 Å². The van der Waals surface area contributed by atoms with Crippen LogP contribution in [0.2, 0.25) is 0 Å². The number of rotatable bonds is 3. The second-order valence-corrected chi connectivity index (χ2v) is 5.23. The average molecular weight is 228 g/mol. The molecule has 2 aromatic heterocycles. The van der Waals surface area contributed by atoms with Crippen molar-refractivity contribution in [1.82, 2.24) is 14.8 Å². The van der Waals surface area contributed by atoms with Crippen molar-refractivity contribution in [3.05, 3.63) is 43.2 Å². The Morgan fingerprint density at radius 3 is 2.53 bits per heavy atom. The van der Waals surface area contributed by atoms with Gasteiger partial charge in [-0.1, -0.05) is 20.8 Å². The minimum absolute atomic E-state index is 0.225. The summed E-state index contributed by atoms with van der Waals surface area (Å²) in [5.41, 5.74) is 2.33. The molecule has 0 spiro atoms. The van der Waals surface area contributed by atoms with Crippen molar-refractivity contribution in [1.29, 1.82) is 0 Å². The van der Waals surface area contributed by atoms with Gasteiger partial charge in [-0.3, -0.25) is 9.67 Å². The highest BCUT2D eigenvalue weighted by atomic mass is 15.3. The van der Waals surface area contributed by atoms with Crippen LogP contribution in [0.25, 0.3) is 11.3 Å². The third kappa shape index (κ3) is 3.41. The summed E-state index contributed by atoms with van der Waals surface area (Å²) in [5, 5.41) is 4.54. The van der Waals surface area contributed by atoms with Crippen LogP contribution in [0.1, 0.15) is 20.8 Å². The van der Waals surface area contributed by atoms with Crippen molar-refractivity contribution in [2.75, 3.05) is 0 Å². The Kier molecular flexibility index (Phi) is 3.27. The zero-order valence-corrected chi connectivity index (χ0v) is 10.6. The molecule has 0 saturated carbocycles. The molecule has 1 radical (unpaired) electrons. The molecule has 0 amide bonds. The van der Waals surface area contributed by atoms with E-state index in [4.69, 9.17) is 0 Å². The van der Waals surface area contributed by atoms with Crippen LogP contribution in [0.5, 0.6) is 0 Å². The van der Waals surface area contributed by atoms with Crippen LogP contribution in [-0.2, 0) is 6.54 Å². The zero-order chi connectivity index (χ0) is 12.3. The van der Waals surface area contributed by atoms with Gasteiger partial charge in [-0.15, -0.1) is 0 Å². The Bertz CT molecular complexity index is 466. The van der Waals surface area contributed by atoms with E-state index in [1.807, 2.05) is 29.1 Å². The van der Waals surface area contributed by atoms with Gasteiger partial charge in [0.15, 0.2) is 0 Å². The molecule has 0 aromatic carbocycles. The SMILES string of the molecule is CC(C)(C)[CH]Cn1ccc(-c2ccncc2)n1. The third-order valence-corrected chi connectivity index (χ3v) is 2.51. The Morgan fingerprint density at radius 1 is 1.18 bits per heavy atom. The molecule has 3 heteroatoms. The van der Waals surface area contributed by atoms with E-state index in [1.54, 1.807) is 12.4 Å². The highest BCUT2D eigenvalue weighted by Gasteiger charge is 2.11. The first-order valence-corrected chi connectivity index (χ1v) is 5.83. The van der Waals surface area contributed by atoms with Crippen molar-refractivity contribution in [2.24, 2.45) is 5.41 Å². The smallest absolute Gasteiger partial charge is 0.0924 e. The summed E-state index contributed by atoms with van der Waals surface area (Å²) in [6, 6.07) is 5.98. The lowest BCUT2D eigenvalue weighted by Crippen LogP contribution is -2.11. The lowest BCUT2D eigenvalue weighted by molar-refractivity contribution is 0.449. The summed E-state index contributed by atoms with van der Waals surface area (Å²) < 4.78 is 1.96. The fraction of sp³-hybridized carbons (Fsp3) is 0.357. The monoisotopic (exact) mass is 228 g/mol. The minimum Gasteiger partial charge on any atom is -0.272 e. The molecule has 17 heavy (non-hydrogen) atoms. The zero-order valence-electron chi connectivity index (χ0n) is 10.6. The Morgan fingerprint density at radius 2 is 1.88 bits per heavy atom. The van der Waals surface area contributed by atoms with E-state index in [9.17, 15) is 0 Å². The summed E-state index contributed by atoms with van der Waals surface area (Å²) in [5.74, 6) is 0. The first-order chi connectivity index (χ1) is 8.04. The quantitative estimate of drug-likeness (QED) is 0.807. The molecular weight excluding hydrogens is 210 g/mol. The van der Waals surface area contributed by atoms with Crippen molar-refractivity contribution < 1.29 is 0 Å². The molecule has 3 nitrogen and oxygen atoms in total. The van der Waals surface area contributed by atoms with E-state index >= 15 is 0 Å². The highest BCUT2D eigenvalue weighted by Crippen LogP contribution is 2.19. The van der Waals surface area contributed by atoms with Crippen molar-refractivity contribution in [3.63, 3.8) is 0 Å². The normalized spacial score (nSPS) is 11.7. The second kappa shape index (κ2) is 4.70. The van der Waals surface area contributed by atoms with Crippen molar-refractivity contribution in [2.45, 2.75) is 27.3 Å². The maximum Gasteiger partial charge on any atom is 0.0924 e. The predicted molar refractivity (Wildman–Crippen MR) is 69.2 cm³/mol. The van der Waals surface area contributed by atoms with Crippen LogP contribution < -0.4 is 0 Å². The van der Waals surface area contributed by atoms with E-state index in [-0.39, 0.29) is 5.41 Å². The highest BCUT2D eigenvalue weighted by molar-refractivity contribution is 5.57. The molecule has 89 valence electrons. The fourth-order valence-electron chi connectivity index (χ4n) is 1.51. The van der Waals surface area contributed by atoms with Gasteiger partial charge in [-0.2, -0.15) is 5.10 Å². The van der Waals surface area contributed by atoms with Gasteiger partial charge < -0.3 is 0 Å². The van der Waals surface area contributed by atoms with Crippen LogP contribution in [-0.4, -0.2) is 14.8 Å². The van der Waals surface area contributed by atoms with E-state index in [2.05, 4.69) is 37.3 Å². The molecular formula is C14H18N3. The molecule has 0 aliphatic rings. The van der Waals surface area contributed by atoms with Crippen LogP contribution in [0.4, 0.5) is 0 Å². The fourth-order valence-corrected chi connectivity index (χ4v) is 1.51. The Labute approximate surface area is 103 Å². The van der Waals surface area contributed by atoms with Crippen LogP contribution in [0.15, 0.2) is 36.8 Å². The molecule has 0 unspecified atom stereocenters. The standard InChI is InChI=1S/C14H18N3/c1-14(2,3)7-11-17-10-6-13(16-17)12-4-8-15-9-5-12/h4-10H,11H2,1-3H3. The van der Waals surface area contributed by atoms with Gasteiger partial charge in [0.25, 0.3) is 0 Å². The van der Waals surface area contributed by atoms with Gasteiger partial charge >= 0.3 is 0 Å². The molecule has 0 aliphatic carbocycles. The van der Waals surface area contributed by atoms with Gasteiger partial charge in [0.1, 0.15) is 0 Å². The largest absolute Gasteiger partial charge is 0.272 e. The van der Waals surface area contributed by atoms with Gasteiger partial charge in [0.2, 0.25) is 0 Å². The van der Waals surface area contributed by atoms with Crippen LogP contribution in [0.3, 0.4) is 0 Å². The van der Waals surface area contributed by atoms with Crippen LogP contribution >= 0.6 is 0 Å². The summed E-state index contributed by atoms with van der Waals surface area (Å²) in [6.07, 6.45) is 7.85. The predicted octanol–water partition coefficient (Wildman–Crippen LogP) is 3.20. The maximum atomic E-state index is 4.54. The molecule has 2 rings (SSSR count). The molecule has 0 fully saturated rings. The first-order valence-electron chi connectivity index (χ1n) is 5.83. The maximum absolute atomic E-state index is 4.54. The van der Waals surface area contributed by atoms with Gasteiger partial charge in [-0.25, -0.2) is 0 Å². The molecule has 0 bridgehead atoms. The van der Waals surface area contributed by atoms with Crippen LogP contribution in [0, 0.1) is 11.8 Å². The van der Waals surface area contributed by atoms with E-state index < -0.39 is 0 Å². The summed E-state index contributed by atoms with van der Waals surface area (Å²) in [7, 11) is 0. The van der Waals surface area contributed by atoms with Gasteiger partial charge in [0, 0.05) is 30.7 Å². The summed E-state index contributed by atoms with van der Waals surface area (Å²) in [6.45, 7) is 7.43. The second-order valence-electron chi connectivity index (χ2n) is 5.23. The van der Waals surface area contributed by atoms with E-state index in [0.29, 0.717) is 0 Å². The van der Waals surface area contributed by atoms with E-state index in [1.165, 1.54) is 0 Å². The number of hydrogen-bond donors (Lipinski definition) is 0. The molecule has 2 heterocycles. The number of pyridine rings is 1. The number of nitrogens with zero attached hydrogens (tertiary/aromatic N) is 3. The molecule has 2 aromatic rings. The Balaban J connectivity index is 2.07. The van der Waals surface area contributed by atoms with E-state index in [0.717, 1.165) is 17.8 Å². The number of aromatic nitrogens is 3. The van der Waals surface area contributed by atoms with Crippen molar-refractivity contribution in [3.8, 4) is 11.3 Å². The Hall–Kier alpha value is -1.64. The summed E-state index contributed by atoms with van der Waals surface area (Å²) >= 11 is 0. The lowest BCUT2D eigenvalue weighted by atomic mass is 9.92. The van der Waals surface area contributed by atoms with Gasteiger partial charge in [0.05, 0.1) is 5.69 Å². The molecule has 0 saturated heterocycles. The minimum atomic E-state index is 0.225. The molecule has 0 N–H and O–H groups in total. The summed E-state index contributed by atoms with van der Waals surface area (Å²) in [4.78, 5) is 4.01. The average Bonchev–Trinajstić information content (AvgIpc) is 2.75. The lowest BCUT2D eigenvalue weighted by Gasteiger charge is -2.16. The number of hydrogen-bond acceptors (Lipinski definition) is 2.